The van der Waals surface area contributed by atoms with E-state index in [1.165, 1.54) is 25.3 Å². The molecule has 2 aromatic rings. The lowest BCUT2D eigenvalue weighted by Gasteiger charge is -2.24. The number of nitrogens with zero attached hydrogens (tertiary/aromatic N) is 2. The summed E-state index contributed by atoms with van der Waals surface area (Å²) in [6, 6.07) is 9.04. The monoisotopic (exact) mass is 407 g/mol. The highest BCUT2D eigenvalue weighted by Gasteiger charge is 2.24. The molecule has 0 unspecified atom stereocenters. The van der Waals surface area contributed by atoms with Gasteiger partial charge in [0.25, 0.3) is 5.69 Å². The number of carbonyl (C=O) groups excluding carboxylic acids is 1. The second-order valence-electron chi connectivity index (χ2n) is 6.25. The second kappa shape index (κ2) is 8.26. The summed E-state index contributed by atoms with van der Waals surface area (Å²) in [4.78, 5) is 22.9. The highest BCUT2D eigenvalue weighted by atomic mass is 32.2. The van der Waals surface area contributed by atoms with Crippen molar-refractivity contribution in [1.82, 2.24) is 0 Å². The van der Waals surface area contributed by atoms with Crippen molar-refractivity contribution in [2.75, 3.05) is 29.5 Å². The number of benzene rings is 2. The molecule has 28 heavy (non-hydrogen) atoms. The zero-order valence-electron chi connectivity index (χ0n) is 15.9. The molecule has 9 nitrogen and oxygen atoms in total. The fourth-order valence-electron chi connectivity index (χ4n) is 2.55. The number of rotatable bonds is 7. The number of methoxy groups -OCH3 is 1. The topological polar surface area (TPSA) is 119 Å². The van der Waals surface area contributed by atoms with Crippen LogP contribution in [-0.2, 0) is 14.8 Å². The summed E-state index contributed by atoms with van der Waals surface area (Å²) in [5, 5.41) is 13.5. The standard InChI is InChI=1S/C18H21N3O6S/c1-12-5-8-17(27-3)16(9-12)20(28(4,25)26)11-18(22)19-15-10-14(21(23)24)7-6-13(15)2/h5-10H,11H2,1-4H3,(H,19,22). The molecule has 0 saturated heterocycles. The van der Waals surface area contributed by atoms with Crippen LogP contribution in [0.15, 0.2) is 36.4 Å². The van der Waals surface area contributed by atoms with Crippen molar-refractivity contribution in [1.29, 1.82) is 0 Å². The lowest BCUT2D eigenvalue weighted by atomic mass is 10.2. The van der Waals surface area contributed by atoms with E-state index < -0.39 is 27.4 Å². The number of anilines is 2. The minimum atomic E-state index is -3.80. The maximum atomic E-state index is 12.5. The Labute approximate surface area is 163 Å². The van der Waals surface area contributed by atoms with E-state index in [0.29, 0.717) is 11.3 Å². The predicted molar refractivity (Wildman–Crippen MR) is 106 cm³/mol. The van der Waals surface area contributed by atoms with Gasteiger partial charge in [0.1, 0.15) is 12.3 Å². The van der Waals surface area contributed by atoms with Crippen molar-refractivity contribution in [2.45, 2.75) is 13.8 Å². The van der Waals surface area contributed by atoms with E-state index in [1.807, 2.05) is 0 Å². The Morgan fingerprint density at radius 1 is 1.21 bits per heavy atom. The molecule has 2 aromatic carbocycles. The first-order valence-electron chi connectivity index (χ1n) is 8.20. The molecule has 0 atom stereocenters. The Morgan fingerprint density at radius 3 is 2.46 bits per heavy atom. The summed E-state index contributed by atoms with van der Waals surface area (Å²) in [6.45, 7) is 2.95. The van der Waals surface area contributed by atoms with Gasteiger partial charge < -0.3 is 10.1 Å². The Morgan fingerprint density at radius 2 is 1.89 bits per heavy atom. The summed E-state index contributed by atoms with van der Waals surface area (Å²) in [5.74, 6) is -0.340. The Kier molecular flexibility index (Phi) is 6.24. The SMILES string of the molecule is COc1ccc(C)cc1N(CC(=O)Nc1cc([N+](=O)[O-])ccc1C)S(C)(=O)=O. The molecule has 150 valence electrons. The number of nitrogens with one attached hydrogen (secondary N) is 1. The normalized spacial score (nSPS) is 11.0. The first-order chi connectivity index (χ1) is 13.0. The minimum Gasteiger partial charge on any atom is -0.495 e. The fraction of sp³-hybridized carbons (Fsp3) is 0.278. The minimum absolute atomic E-state index is 0.179. The summed E-state index contributed by atoms with van der Waals surface area (Å²) < 4.78 is 30.8. The first-order valence-corrected chi connectivity index (χ1v) is 10.0. The average molecular weight is 407 g/mol. The van der Waals surface area contributed by atoms with Gasteiger partial charge in [-0.05, 0) is 37.1 Å². The van der Waals surface area contributed by atoms with Crippen LogP contribution in [0.5, 0.6) is 5.75 Å². The summed E-state index contributed by atoms with van der Waals surface area (Å²) >= 11 is 0. The van der Waals surface area contributed by atoms with Crippen molar-refractivity contribution in [3.05, 3.63) is 57.6 Å². The highest BCUT2D eigenvalue weighted by molar-refractivity contribution is 7.92. The molecule has 0 spiro atoms. The zero-order valence-corrected chi connectivity index (χ0v) is 16.7. The molecule has 0 fully saturated rings. The number of non-ortho nitro benzene ring substituents is 1. The first kappa shape index (κ1) is 21.2. The molecule has 0 radical (unpaired) electrons. The molecular formula is C18H21N3O6S. The molecule has 0 aliphatic heterocycles. The summed E-state index contributed by atoms with van der Waals surface area (Å²) in [5.41, 5.74) is 1.69. The van der Waals surface area contributed by atoms with Crippen LogP contribution in [0.4, 0.5) is 17.1 Å². The van der Waals surface area contributed by atoms with Gasteiger partial charge in [-0.1, -0.05) is 12.1 Å². The number of ether oxygens (including phenoxy) is 1. The van der Waals surface area contributed by atoms with E-state index >= 15 is 0 Å². The van der Waals surface area contributed by atoms with E-state index in [1.54, 1.807) is 32.0 Å². The van der Waals surface area contributed by atoms with Crippen LogP contribution < -0.4 is 14.4 Å². The number of aryl methyl sites for hydroxylation is 2. The maximum absolute atomic E-state index is 12.5. The van der Waals surface area contributed by atoms with E-state index in [9.17, 15) is 23.3 Å². The van der Waals surface area contributed by atoms with Crippen LogP contribution in [0, 0.1) is 24.0 Å². The van der Waals surface area contributed by atoms with Crippen LogP contribution in [0.3, 0.4) is 0 Å². The Bertz CT molecular complexity index is 1020. The molecule has 1 N–H and O–H groups in total. The van der Waals surface area contributed by atoms with Crippen molar-refractivity contribution in [3.63, 3.8) is 0 Å². The third-order valence-corrected chi connectivity index (χ3v) is 5.12. The molecule has 2 rings (SSSR count). The number of nitro benzene ring substituents is 1. The average Bonchev–Trinajstić information content (AvgIpc) is 2.60. The second-order valence-corrected chi connectivity index (χ2v) is 8.16. The molecule has 10 heteroatoms. The molecule has 0 aliphatic rings. The molecular weight excluding hydrogens is 386 g/mol. The van der Waals surface area contributed by atoms with Gasteiger partial charge in [0.2, 0.25) is 15.9 Å². The third kappa shape index (κ3) is 4.97. The van der Waals surface area contributed by atoms with Gasteiger partial charge in [0, 0.05) is 12.1 Å². The number of carbonyl (C=O) groups is 1. The molecule has 0 aliphatic carbocycles. The fourth-order valence-corrected chi connectivity index (χ4v) is 3.41. The lowest BCUT2D eigenvalue weighted by Crippen LogP contribution is -2.37. The Hall–Kier alpha value is -3.14. The molecule has 0 heterocycles. The van der Waals surface area contributed by atoms with Gasteiger partial charge in [-0.2, -0.15) is 0 Å². The Balaban J connectivity index is 2.35. The molecule has 0 saturated carbocycles. The molecule has 0 aromatic heterocycles. The molecule has 0 bridgehead atoms. The van der Waals surface area contributed by atoms with Crippen molar-refractivity contribution in [2.24, 2.45) is 0 Å². The van der Waals surface area contributed by atoms with Crippen molar-refractivity contribution < 1.29 is 22.9 Å². The summed E-state index contributed by atoms with van der Waals surface area (Å²) in [6.07, 6.45) is 0.987. The number of sulfonamides is 1. The van der Waals surface area contributed by atoms with Crippen molar-refractivity contribution >= 4 is 33.0 Å². The van der Waals surface area contributed by atoms with Crippen LogP contribution in [-0.4, -0.2) is 39.2 Å². The van der Waals surface area contributed by atoms with Crippen molar-refractivity contribution in [3.8, 4) is 5.75 Å². The van der Waals surface area contributed by atoms with Crippen LogP contribution in [0.2, 0.25) is 0 Å². The van der Waals surface area contributed by atoms with Crippen LogP contribution in [0.1, 0.15) is 11.1 Å². The van der Waals surface area contributed by atoms with Crippen LogP contribution in [0.25, 0.3) is 0 Å². The lowest BCUT2D eigenvalue weighted by molar-refractivity contribution is -0.384. The van der Waals surface area contributed by atoms with E-state index in [2.05, 4.69) is 5.32 Å². The van der Waals surface area contributed by atoms with Gasteiger partial charge in [-0.25, -0.2) is 8.42 Å². The maximum Gasteiger partial charge on any atom is 0.271 e. The van der Waals surface area contributed by atoms with Gasteiger partial charge in [-0.15, -0.1) is 0 Å². The van der Waals surface area contributed by atoms with Gasteiger partial charge >= 0.3 is 0 Å². The van der Waals surface area contributed by atoms with E-state index in [-0.39, 0.29) is 17.1 Å². The largest absolute Gasteiger partial charge is 0.495 e. The number of nitro groups is 1. The van der Waals surface area contributed by atoms with Gasteiger partial charge in [0.15, 0.2) is 0 Å². The predicted octanol–water partition coefficient (Wildman–Crippen LogP) is 2.62. The van der Waals surface area contributed by atoms with E-state index in [0.717, 1.165) is 16.1 Å². The number of amides is 1. The zero-order chi connectivity index (χ0) is 21.1. The summed E-state index contributed by atoms with van der Waals surface area (Å²) in [7, 11) is -2.40. The van der Waals surface area contributed by atoms with Gasteiger partial charge in [-0.3, -0.25) is 19.2 Å². The van der Waals surface area contributed by atoms with E-state index in [4.69, 9.17) is 4.74 Å². The number of hydrogen-bond donors (Lipinski definition) is 1. The number of hydrogen-bond acceptors (Lipinski definition) is 6. The highest BCUT2D eigenvalue weighted by Crippen LogP contribution is 2.31. The van der Waals surface area contributed by atoms with Crippen LogP contribution >= 0.6 is 0 Å². The smallest absolute Gasteiger partial charge is 0.271 e. The molecule has 1 amide bonds. The van der Waals surface area contributed by atoms with Gasteiger partial charge in [0.05, 0.1) is 29.7 Å². The third-order valence-electron chi connectivity index (χ3n) is 4.00. The quantitative estimate of drug-likeness (QED) is 0.557.